The van der Waals surface area contributed by atoms with Gasteiger partial charge in [-0.2, -0.15) is 0 Å². The molecule has 2 fully saturated rings. The summed E-state index contributed by atoms with van der Waals surface area (Å²) in [6.07, 6.45) is 4.00. The van der Waals surface area contributed by atoms with Crippen molar-refractivity contribution >= 4 is 27.2 Å². The first kappa shape index (κ1) is 16.2. The highest BCUT2D eigenvalue weighted by Crippen LogP contribution is 2.23. The van der Waals surface area contributed by atoms with Crippen LogP contribution in [0.4, 0.5) is 5.82 Å². The number of anilines is 1. The van der Waals surface area contributed by atoms with E-state index >= 15 is 0 Å². The van der Waals surface area contributed by atoms with Crippen LogP contribution in [-0.4, -0.2) is 76.5 Å². The van der Waals surface area contributed by atoms with Gasteiger partial charge in [-0.3, -0.25) is 9.20 Å². The van der Waals surface area contributed by atoms with E-state index in [4.69, 9.17) is 0 Å². The first-order valence-corrected chi connectivity index (χ1v) is 10.2. The van der Waals surface area contributed by atoms with Crippen LogP contribution in [-0.2, 0) is 14.6 Å². The van der Waals surface area contributed by atoms with E-state index in [-0.39, 0.29) is 23.3 Å². The molecular weight excluding hydrogens is 344 g/mol. The number of nitrogens with zero attached hydrogens (tertiary/aromatic N) is 6. The zero-order chi connectivity index (χ0) is 17.6. The van der Waals surface area contributed by atoms with Crippen molar-refractivity contribution in [3.8, 4) is 0 Å². The lowest BCUT2D eigenvalue weighted by Gasteiger charge is -2.36. The van der Waals surface area contributed by atoms with Crippen molar-refractivity contribution in [2.75, 3.05) is 42.6 Å². The van der Waals surface area contributed by atoms with Crippen molar-refractivity contribution in [3.63, 3.8) is 0 Å². The van der Waals surface area contributed by atoms with Crippen molar-refractivity contribution in [2.45, 2.75) is 13.3 Å². The molecule has 134 valence electrons. The molecule has 10 heteroatoms. The number of carbonyl (C=O) groups is 1. The molecule has 0 spiro atoms. The summed E-state index contributed by atoms with van der Waals surface area (Å²) in [5.74, 6) is 1.27. The molecule has 0 saturated carbocycles. The van der Waals surface area contributed by atoms with Gasteiger partial charge in [-0.1, -0.05) is 0 Å². The van der Waals surface area contributed by atoms with Crippen LogP contribution in [0.1, 0.15) is 12.2 Å². The number of piperazine rings is 1. The van der Waals surface area contributed by atoms with Crippen molar-refractivity contribution in [1.29, 1.82) is 0 Å². The van der Waals surface area contributed by atoms with Gasteiger partial charge in [-0.05, 0) is 13.3 Å². The normalized spacial score (nSPS) is 23.3. The Labute approximate surface area is 145 Å². The first-order valence-electron chi connectivity index (χ1n) is 8.35. The number of fused-ring (bicyclic) bond motifs is 1. The lowest BCUT2D eigenvalue weighted by Crippen LogP contribution is -2.50. The third kappa shape index (κ3) is 2.94. The fourth-order valence-corrected chi connectivity index (χ4v) is 5.27. The Morgan fingerprint density at radius 3 is 2.64 bits per heavy atom. The van der Waals surface area contributed by atoms with Crippen LogP contribution >= 0.6 is 0 Å². The van der Waals surface area contributed by atoms with Crippen LogP contribution < -0.4 is 4.90 Å². The van der Waals surface area contributed by atoms with Gasteiger partial charge in [0.25, 0.3) is 0 Å². The summed E-state index contributed by atoms with van der Waals surface area (Å²) in [5.41, 5.74) is 0.710. The highest BCUT2D eigenvalue weighted by Gasteiger charge is 2.36. The number of aromatic nitrogens is 4. The third-order valence-electron chi connectivity index (χ3n) is 4.95. The lowest BCUT2D eigenvalue weighted by molar-refractivity contribution is -0.135. The molecule has 1 amide bonds. The molecule has 4 heterocycles. The number of amides is 1. The summed E-state index contributed by atoms with van der Waals surface area (Å²) in [5, 5.41) is 8.27. The minimum atomic E-state index is -3.04. The summed E-state index contributed by atoms with van der Waals surface area (Å²) in [6.45, 7) is 4.29. The van der Waals surface area contributed by atoms with Crippen molar-refractivity contribution < 1.29 is 13.2 Å². The van der Waals surface area contributed by atoms with E-state index < -0.39 is 9.84 Å². The lowest BCUT2D eigenvalue weighted by atomic mass is 10.1. The van der Waals surface area contributed by atoms with Gasteiger partial charge in [-0.15, -0.1) is 10.2 Å². The highest BCUT2D eigenvalue weighted by atomic mass is 32.2. The Balaban J connectivity index is 1.45. The zero-order valence-corrected chi connectivity index (χ0v) is 14.8. The fraction of sp³-hybridized carbons (Fsp3) is 0.600. The maximum absolute atomic E-state index is 12.5. The molecule has 2 aliphatic heterocycles. The summed E-state index contributed by atoms with van der Waals surface area (Å²) in [4.78, 5) is 20.8. The smallest absolute Gasteiger partial charge is 0.226 e. The van der Waals surface area contributed by atoms with Gasteiger partial charge in [0.2, 0.25) is 11.6 Å². The topological polar surface area (TPSA) is 101 Å². The molecule has 1 unspecified atom stereocenters. The van der Waals surface area contributed by atoms with Crippen LogP contribution in [0.15, 0.2) is 12.4 Å². The van der Waals surface area contributed by atoms with Crippen LogP contribution in [0.5, 0.6) is 0 Å². The molecule has 2 aromatic heterocycles. The molecule has 0 aromatic carbocycles. The predicted octanol–water partition coefficient (Wildman–Crippen LogP) is -0.484. The molecule has 2 aliphatic rings. The molecule has 0 radical (unpaired) electrons. The Kier molecular flexibility index (Phi) is 3.86. The van der Waals surface area contributed by atoms with Gasteiger partial charge < -0.3 is 9.80 Å². The molecule has 0 aliphatic carbocycles. The standard InChI is InChI=1S/C15H20N6O3S/c1-11-17-18-14-13(16-3-4-21(11)14)19-5-7-20(8-6-19)15(22)12-2-9-25(23,24)10-12/h3-4,12H,2,5-10H2,1H3. The number of hydrogen-bond donors (Lipinski definition) is 0. The first-order chi connectivity index (χ1) is 11.9. The van der Waals surface area contributed by atoms with Crippen LogP contribution in [0, 0.1) is 12.8 Å². The molecule has 1 atom stereocenters. The molecule has 2 saturated heterocycles. The van der Waals surface area contributed by atoms with Gasteiger partial charge in [0.15, 0.2) is 15.7 Å². The maximum atomic E-state index is 12.5. The van der Waals surface area contributed by atoms with Gasteiger partial charge in [0.05, 0.1) is 17.4 Å². The number of carbonyl (C=O) groups excluding carboxylic acids is 1. The highest BCUT2D eigenvalue weighted by molar-refractivity contribution is 7.91. The summed E-state index contributed by atoms with van der Waals surface area (Å²) >= 11 is 0. The Bertz CT molecular complexity index is 916. The molecular formula is C15H20N6O3S. The number of hydrogen-bond acceptors (Lipinski definition) is 7. The third-order valence-corrected chi connectivity index (χ3v) is 6.72. The predicted molar refractivity (Wildman–Crippen MR) is 91.1 cm³/mol. The maximum Gasteiger partial charge on any atom is 0.226 e. The Morgan fingerprint density at radius 1 is 1.20 bits per heavy atom. The van der Waals surface area contributed by atoms with Crippen molar-refractivity contribution in [1.82, 2.24) is 24.5 Å². The van der Waals surface area contributed by atoms with E-state index in [9.17, 15) is 13.2 Å². The second kappa shape index (κ2) is 5.94. The molecule has 2 aromatic rings. The van der Waals surface area contributed by atoms with E-state index in [0.717, 1.165) is 11.6 Å². The van der Waals surface area contributed by atoms with Gasteiger partial charge in [0, 0.05) is 38.6 Å². The van der Waals surface area contributed by atoms with E-state index in [1.165, 1.54) is 0 Å². The number of rotatable bonds is 2. The van der Waals surface area contributed by atoms with E-state index in [0.29, 0.717) is 38.2 Å². The average molecular weight is 364 g/mol. The number of aryl methyl sites for hydroxylation is 1. The van der Waals surface area contributed by atoms with E-state index in [1.54, 1.807) is 11.1 Å². The van der Waals surface area contributed by atoms with Crippen molar-refractivity contribution in [2.24, 2.45) is 5.92 Å². The monoisotopic (exact) mass is 364 g/mol. The molecule has 0 bridgehead atoms. The van der Waals surface area contributed by atoms with Crippen LogP contribution in [0.25, 0.3) is 5.65 Å². The molecule has 25 heavy (non-hydrogen) atoms. The minimum Gasteiger partial charge on any atom is -0.350 e. The Morgan fingerprint density at radius 2 is 1.96 bits per heavy atom. The van der Waals surface area contributed by atoms with E-state index in [1.807, 2.05) is 17.5 Å². The summed E-state index contributed by atoms with van der Waals surface area (Å²) < 4.78 is 25.1. The fourth-order valence-electron chi connectivity index (χ4n) is 3.54. The van der Waals surface area contributed by atoms with Gasteiger partial charge in [-0.25, -0.2) is 13.4 Å². The molecule has 9 nitrogen and oxygen atoms in total. The Hall–Kier alpha value is -2.23. The van der Waals surface area contributed by atoms with Gasteiger partial charge >= 0.3 is 0 Å². The second-order valence-electron chi connectivity index (χ2n) is 6.60. The van der Waals surface area contributed by atoms with E-state index in [2.05, 4.69) is 20.1 Å². The number of sulfone groups is 1. The molecule has 4 rings (SSSR count). The average Bonchev–Trinajstić information content (AvgIpc) is 3.17. The summed E-state index contributed by atoms with van der Waals surface area (Å²) in [6, 6.07) is 0. The minimum absolute atomic E-state index is 0.00800. The largest absolute Gasteiger partial charge is 0.350 e. The van der Waals surface area contributed by atoms with Gasteiger partial charge in [0.1, 0.15) is 5.82 Å². The van der Waals surface area contributed by atoms with Crippen molar-refractivity contribution in [3.05, 3.63) is 18.2 Å². The SMILES string of the molecule is Cc1nnc2c(N3CCN(C(=O)C4CCS(=O)(=O)C4)CC3)nccn12. The molecule has 0 N–H and O–H groups in total. The quantitative estimate of drug-likeness (QED) is 0.709. The summed E-state index contributed by atoms with van der Waals surface area (Å²) in [7, 11) is -3.04. The van der Waals surface area contributed by atoms with Crippen LogP contribution in [0.3, 0.4) is 0 Å². The second-order valence-corrected chi connectivity index (χ2v) is 8.83. The zero-order valence-electron chi connectivity index (χ0n) is 14.0. The van der Waals surface area contributed by atoms with Crippen LogP contribution in [0.2, 0.25) is 0 Å².